The van der Waals surface area contributed by atoms with E-state index in [1.54, 1.807) is 0 Å². The van der Waals surface area contributed by atoms with Crippen molar-refractivity contribution >= 4 is 5.69 Å². The highest BCUT2D eigenvalue weighted by atomic mass is 16.3. The lowest BCUT2D eigenvalue weighted by atomic mass is 9.97. The van der Waals surface area contributed by atoms with Gasteiger partial charge in [-0.3, -0.25) is 4.98 Å². The van der Waals surface area contributed by atoms with Gasteiger partial charge in [-0.2, -0.15) is 0 Å². The fourth-order valence-corrected chi connectivity index (χ4v) is 2.39. The Labute approximate surface area is 109 Å². The van der Waals surface area contributed by atoms with Crippen molar-refractivity contribution in [3.05, 3.63) is 24.0 Å². The van der Waals surface area contributed by atoms with Gasteiger partial charge in [0.15, 0.2) is 0 Å². The van der Waals surface area contributed by atoms with Crippen molar-refractivity contribution < 1.29 is 5.11 Å². The molecule has 0 unspecified atom stereocenters. The predicted octanol–water partition coefficient (Wildman–Crippen LogP) is 1.70. The lowest BCUT2D eigenvalue weighted by Gasteiger charge is -2.32. The van der Waals surface area contributed by atoms with E-state index in [0.717, 1.165) is 38.0 Å². The summed E-state index contributed by atoms with van der Waals surface area (Å²) < 4.78 is 0. The van der Waals surface area contributed by atoms with Crippen molar-refractivity contribution in [3.8, 4) is 0 Å². The van der Waals surface area contributed by atoms with Crippen LogP contribution in [0.3, 0.4) is 0 Å². The van der Waals surface area contributed by atoms with Crippen molar-refractivity contribution in [3.63, 3.8) is 0 Å². The quantitative estimate of drug-likeness (QED) is 0.852. The van der Waals surface area contributed by atoms with Crippen LogP contribution in [0.15, 0.2) is 18.3 Å². The third-order valence-corrected chi connectivity index (χ3v) is 3.83. The smallest absolute Gasteiger partial charge is 0.0572 e. The Hall–Kier alpha value is -1.13. The highest BCUT2D eigenvalue weighted by molar-refractivity contribution is 5.45. The molecule has 1 aromatic heterocycles. The van der Waals surface area contributed by atoms with Crippen LogP contribution < -0.4 is 10.6 Å². The maximum absolute atomic E-state index is 9.13. The van der Waals surface area contributed by atoms with E-state index in [9.17, 15) is 0 Å². The number of pyridine rings is 1. The van der Waals surface area contributed by atoms with Crippen LogP contribution in [0.25, 0.3) is 0 Å². The SMILES string of the molecule is CC[C@@H](N)c1ccc(N2CCC(CO)CC2)cn1. The van der Waals surface area contributed by atoms with Gasteiger partial charge in [0.05, 0.1) is 17.6 Å². The van der Waals surface area contributed by atoms with Gasteiger partial charge in [0.2, 0.25) is 0 Å². The summed E-state index contributed by atoms with van der Waals surface area (Å²) in [7, 11) is 0. The first-order valence-electron chi connectivity index (χ1n) is 6.82. The van der Waals surface area contributed by atoms with Gasteiger partial charge >= 0.3 is 0 Å². The number of anilines is 1. The van der Waals surface area contributed by atoms with Crippen molar-refractivity contribution in [2.24, 2.45) is 11.7 Å². The lowest BCUT2D eigenvalue weighted by Crippen LogP contribution is -2.34. The molecule has 1 aliphatic heterocycles. The Bertz CT molecular complexity index is 358. The maximum atomic E-state index is 9.13. The third kappa shape index (κ3) is 3.00. The minimum atomic E-state index is 0.0409. The molecule has 4 heteroatoms. The highest BCUT2D eigenvalue weighted by Gasteiger charge is 2.19. The summed E-state index contributed by atoms with van der Waals surface area (Å²) in [5.74, 6) is 0.474. The second-order valence-corrected chi connectivity index (χ2v) is 5.07. The number of aliphatic hydroxyl groups is 1. The molecular weight excluding hydrogens is 226 g/mol. The first kappa shape index (κ1) is 13.3. The minimum Gasteiger partial charge on any atom is -0.396 e. The molecule has 1 aliphatic rings. The molecule has 1 saturated heterocycles. The first-order valence-corrected chi connectivity index (χ1v) is 6.82. The number of aromatic nitrogens is 1. The zero-order chi connectivity index (χ0) is 13.0. The van der Waals surface area contributed by atoms with Gasteiger partial charge in [0.1, 0.15) is 0 Å². The van der Waals surface area contributed by atoms with Crippen LogP contribution in [0.4, 0.5) is 5.69 Å². The van der Waals surface area contributed by atoms with Crippen LogP contribution in [0, 0.1) is 5.92 Å². The molecule has 0 aliphatic carbocycles. The molecule has 4 nitrogen and oxygen atoms in total. The van der Waals surface area contributed by atoms with Gasteiger partial charge in [-0.1, -0.05) is 6.92 Å². The van der Waals surface area contributed by atoms with E-state index in [4.69, 9.17) is 10.8 Å². The largest absolute Gasteiger partial charge is 0.396 e. The van der Waals surface area contributed by atoms with Crippen molar-refractivity contribution in [2.75, 3.05) is 24.6 Å². The molecule has 0 radical (unpaired) electrons. The van der Waals surface area contributed by atoms with E-state index in [1.165, 1.54) is 5.69 Å². The molecule has 0 saturated carbocycles. The number of rotatable bonds is 4. The monoisotopic (exact) mass is 249 g/mol. The minimum absolute atomic E-state index is 0.0409. The van der Waals surface area contributed by atoms with E-state index in [1.807, 2.05) is 12.3 Å². The molecule has 2 heterocycles. The van der Waals surface area contributed by atoms with Gasteiger partial charge in [0.25, 0.3) is 0 Å². The van der Waals surface area contributed by atoms with E-state index < -0.39 is 0 Å². The number of piperidine rings is 1. The summed E-state index contributed by atoms with van der Waals surface area (Å²) in [5.41, 5.74) is 8.08. The Kier molecular flexibility index (Phi) is 4.55. The van der Waals surface area contributed by atoms with Crippen molar-refractivity contribution in [1.29, 1.82) is 0 Å². The molecule has 1 atom stereocenters. The molecule has 2 rings (SSSR count). The normalized spacial score (nSPS) is 18.9. The number of aliphatic hydroxyl groups excluding tert-OH is 1. The Morgan fingerprint density at radius 3 is 2.67 bits per heavy atom. The van der Waals surface area contributed by atoms with Gasteiger partial charge in [-0.15, -0.1) is 0 Å². The molecule has 100 valence electrons. The summed E-state index contributed by atoms with van der Waals surface area (Å²) in [4.78, 5) is 6.78. The Morgan fingerprint density at radius 2 is 2.17 bits per heavy atom. The standard InChI is InChI=1S/C14H23N3O/c1-2-13(15)14-4-3-12(9-16-14)17-7-5-11(10-18)6-8-17/h3-4,9,11,13,18H,2,5-8,10,15H2,1H3/t13-/m1/s1. The van der Waals surface area contributed by atoms with E-state index in [-0.39, 0.29) is 6.04 Å². The third-order valence-electron chi connectivity index (χ3n) is 3.83. The fourth-order valence-electron chi connectivity index (χ4n) is 2.39. The molecule has 0 aromatic carbocycles. The molecule has 0 spiro atoms. The van der Waals surface area contributed by atoms with E-state index in [0.29, 0.717) is 12.5 Å². The molecule has 0 amide bonds. The first-order chi connectivity index (χ1) is 8.74. The second-order valence-electron chi connectivity index (χ2n) is 5.07. The fraction of sp³-hybridized carbons (Fsp3) is 0.643. The predicted molar refractivity (Wildman–Crippen MR) is 73.5 cm³/mol. The topological polar surface area (TPSA) is 62.4 Å². The highest BCUT2D eigenvalue weighted by Crippen LogP contribution is 2.23. The molecule has 1 aromatic rings. The molecule has 1 fully saturated rings. The average molecular weight is 249 g/mol. The number of nitrogens with zero attached hydrogens (tertiary/aromatic N) is 2. The van der Waals surface area contributed by atoms with Gasteiger partial charge < -0.3 is 15.7 Å². The molecule has 0 bridgehead atoms. The molecular formula is C14H23N3O. The van der Waals surface area contributed by atoms with E-state index >= 15 is 0 Å². The van der Waals surface area contributed by atoms with Crippen LogP contribution in [-0.4, -0.2) is 29.8 Å². The van der Waals surface area contributed by atoms with Crippen molar-refractivity contribution in [1.82, 2.24) is 4.98 Å². The lowest BCUT2D eigenvalue weighted by molar-refractivity contribution is 0.203. The van der Waals surface area contributed by atoms with E-state index in [2.05, 4.69) is 22.9 Å². The zero-order valence-corrected chi connectivity index (χ0v) is 11.0. The van der Waals surface area contributed by atoms with Gasteiger partial charge in [0, 0.05) is 25.7 Å². The van der Waals surface area contributed by atoms with Crippen LogP contribution in [0.5, 0.6) is 0 Å². The van der Waals surface area contributed by atoms with Crippen molar-refractivity contribution in [2.45, 2.75) is 32.2 Å². The number of hydrogen-bond donors (Lipinski definition) is 2. The average Bonchev–Trinajstić information content (AvgIpc) is 2.47. The van der Waals surface area contributed by atoms with Crippen LogP contribution >= 0.6 is 0 Å². The van der Waals surface area contributed by atoms with Crippen LogP contribution in [0.2, 0.25) is 0 Å². The zero-order valence-electron chi connectivity index (χ0n) is 11.0. The summed E-state index contributed by atoms with van der Waals surface area (Å²) in [6, 6.07) is 4.18. The summed E-state index contributed by atoms with van der Waals surface area (Å²) in [6.45, 7) is 4.40. The summed E-state index contributed by atoms with van der Waals surface area (Å²) in [5, 5.41) is 9.13. The maximum Gasteiger partial charge on any atom is 0.0572 e. The molecule has 18 heavy (non-hydrogen) atoms. The van der Waals surface area contributed by atoms with Gasteiger partial charge in [-0.25, -0.2) is 0 Å². The number of hydrogen-bond acceptors (Lipinski definition) is 4. The second kappa shape index (κ2) is 6.16. The van der Waals surface area contributed by atoms with Crippen LogP contribution in [-0.2, 0) is 0 Å². The summed E-state index contributed by atoms with van der Waals surface area (Å²) >= 11 is 0. The molecule has 3 N–H and O–H groups in total. The number of nitrogens with two attached hydrogens (primary N) is 1. The van der Waals surface area contributed by atoms with Crippen LogP contribution in [0.1, 0.15) is 37.9 Å². The Balaban J connectivity index is 1.98. The Morgan fingerprint density at radius 1 is 1.44 bits per heavy atom. The van der Waals surface area contributed by atoms with Gasteiger partial charge in [-0.05, 0) is 37.3 Å². The summed E-state index contributed by atoms with van der Waals surface area (Å²) in [6.07, 6.45) is 4.96.